The largest absolute Gasteiger partial charge is 0.496 e. The highest BCUT2D eigenvalue weighted by atomic mass is 32.2. The average Bonchev–Trinajstić information content (AvgIpc) is 2.99. The van der Waals surface area contributed by atoms with E-state index in [9.17, 15) is 0 Å². The van der Waals surface area contributed by atoms with Crippen LogP contribution in [0, 0.1) is 13.8 Å². The quantitative estimate of drug-likeness (QED) is 0.620. The SMILES string of the molecule is COc1c(C)cnc(Cn2nc3c4c(nc(N)nc42)SCC(N2CCCCC2)C3)c1C. The molecule has 1 unspecified atom stereocenters. The predicted octanol–water partition coefficient (Wildman–Crippen LogP) is 2.98. The van der Waals surface area contributed by atoms with Crippen LogP contribution in [-0.2, 0) is 13.0 Å². The summed E-state index contributed by atoms with van der Waals surface area (Å²) in [5.74, 6) is 2.18. The summed E-state index contributed by atoms with van der Waals surface area (Å²) in [7, 11) is 1.70. The number of anilines is 1. The van der Waals surface area contributed by atoms with Crippen LogP contribution in [0.3, 0.4) is 0 Å². The molecule has 31 heavy (non-hydrogen) atoms. The number of methoxy groups -OCH3 is 1. The topological polar surface area (TPSA) is 95.0 Å². The molecule has 5 heterocycles. The molecule has 3 aromatic heterocycles. The minimum absolute atomic E-state index is 0.297. The normalized spacial score (nSPS) is 19.5. The number of piperidine rings is 1. The van der Waals surface area contributed by atoms with Crippen LogP contribution in [0.4, 0.5) is 5.95 Å². The molecule has 1 saturated heterocycles. The monoisotopic (exact) mass is 439 g/mol. The molecular weight excluding hydrogens is 410 g/mol. The maximum atomic E-state index is 6.10. The van der Waals surface area contributed by atoms with Gasteiger partial charge in [0.25, 0.3) is 0 Å². The summed E-state index contributed by atoms with van der Waals surface area (Å²) in [5.41, 5.74) is 10.9. The van der Waals surface area contributed by atoms with Crippen molar-refractivity contribution < 1.29 is 4.74 Å². The number of nitrogen functional groups attached to an aromatic ring is 1. The molecule has 2 aliphatic heterocycles. The van der Waals surface area contributed by atoms with Gasteiger partial charge in [-0.1, -0.05) is 6.42 Å². The van der Waals surface area contributed by atoms with Gasteiger partial charge in [-0.2, -0.15) is 10.1 Å². The lowest BCUT2D eigenvalue weighted by Gasteiger charge is -2.33. The van der Waals surface area contributed by atoms with Gasteiger partial charge in [-0.15, -0.1) is 11.8 Å². The Morgan fingerprint density at radius 2 is 2.00 bits per heavy atom. The van der Waals surface area contributed by atoms with Gasteiger partial charge in [0.1, 0.15) is 10.8 Å². The van der Waals surface area contributed by atoms with E-state index in [1.165, 1.54) is 32.4 Å². The highest BCUT2D eigenvalue weighted by molar-refractivity contribution is 7.99. The first-order chi connectivity index (χ1) is 15.0. The third-order valence-corrected chi connectivity index (χ3v) is 7.57. The van der Waals surface area contributed by atoms with Crippen LogP contribution in [0.2, 0.25) is 0 Å². The van der Waals surface area contributed by atoms with E-state index < -0.39 is 0 Å². The molecule has 0 amide bonds. The number of likely N-dealkylation sites (tertiary alicyclic amines) is 1. The summed E-state index contributed by atoms with van der Waals surface area (Å²) in [5, 5.41) is 7.02. The van der Waals surface area contributed by atoms with Gasteiger partial charge in [-0.3, -0.25) is 9.88 Å². The standard InChI is InChI=1S/C22H29N7OS/c1-13-10-24-17(14(2)19(13)30-3)11-29-20-18-16(27-29)9-15(28-7-5-4-6-8-28)12-31-21(18)26-22(23)25-20/h10,15H,4-9,11-12H2,1-3H3,(H2,23,25,26). The Balaban J connectivity index is 1.55. The number of hydrogen-bond acceptors (Lipinski definition) is 8. The van der Waals surface area contributed by atoms with Crippen molar-refractivity contribution in [1.82, 2.24) is 29.6 Å². The van der Waals surface area contributed by atoms with Crippen molar-refractivity contribution >= 4 is 28.7 Å². The molecule has 0 radical (unpaired) electrons. The summed E-state index contributed by atoms with van der Waals surface area (Å²) in [6, 6.07) is 0.464. The van der Waals surface area contributed by atoms with Gasteiger partial charge in [0.2, 0.25) is 5.95 Å². The number of thioether (sulfide) groups is 1. The molecule has 164 valence electrons. The van der Waals surface area contributed by atoms with Crippen LogP contribution in [0.5, 0.6) is 5.75 Å². The molecule has 8 nitrogen and oxygen atoms in total. The van der Waals surface area contributed by atoms with Crippen LogP contribution in [0.25, 0.3) is 11.0 Å². The first-order valence-electron chi connectivity index (χ1n) is 10.9. The third-order valence-electron chi connectivity index (χ3n) is 6.45. The van der Waals surface area contributed by atoms with Crippen molar-refractivity contribution in [3.05, 3.63) is 28.7 Å². The van der Waals surface area contributed by atoms with Crippen molar-refractivity contribution in [2.45, 2.75) is 57.1 Å². The number of ether oxygens (including phenoxy) is 1. The van der Waals surface area contributed by atoms with Gasteiger partial charge < -0.3 is 10.5 Å². The zero-order valence-corrected chi connectivity index (χ0v) is 19.2. The van der Waals surface area contributed by atoms with Crippen LogP contribution < -0.4 is 10.5 Å². The van der Waals surface area contributed by atoms with Crippen molar-refractivity contribution in [3.8, 4) is 5.75 Å². The lowest BCUT2D eigenvalue weighted by molar-refractivity contribution is 0.175. The molecule has 9 heteroatoms. The molecule has 0 aromatic carbocycles. The van der Waals surface area contributed by atoms with Crippen molar-refractivity contribution in [2.24, 2.45) is 0 Å². The molecule has 2 aliphatic rings. The summed E-state index contributed by atoms with van der Waals surface area (Å²) >= 11 is 1.79. The van der Waals surface area contributed by atoms with Crippen LogP contribution in [0.15, 0.2) is 11.2 Å². The lowest BCUT2D eigenvalue weighted by Crippen LogP contribution is -2.41. The van der Waals surface area contributed by atoms with Gasteiger partial charge in [-0.05, 0) is 39.8 Å². The minimum atomic E-state index is 0.297. The van der Waals surface area contributed by atoms with E-state index in [-0.39, 0.29) is 0 Å². The average molecular weight is 440 g/mol. The summed E-state index contributed by atoms with van der Waals surface area (Å²) in [6.07, 6.45) is 6.67. The van der Waals surface area contributed by atoms with E-state index in [1.807, 2.05) is 24.7 Å². The van der Waals surface area contributed by atoms with Gasteiger partial charge in [0.15, 0.2) is 5.65 Å². The number of nitrogens with zero attached hydrogens (tertiary/aromatic N) is 6. The Bertz CT molecular complexity index is 1120. The number of aryl methyl sites for hydroxylation is 1. The second-order valence-corrected chi connectivity index (χ2v) is 9.51. The summed E-state index contributed by atoms with van der Waals surface area (Å²) in [4.78, 5) is 16.4. The Kier molecular flexibility index (Phi) is 5.47. The van der Waals surface area contributed by atoms with Crippen LogP contribution in [0.1, 0.15) is 41.8 Å². The van der Waals surface area contributed by atoms with E-state index in [0.717, 1.165) is 56.5 Å². The predicted molar refractivity (Wildman–Crippen MR) is 123 cm³/mol. The lowest BCUT2D eigenvalue weighted by atomic mass is 10.1. The second kappa shape index (κ2) is 8.27. The van der Waals surface area contributed by atoms with E-state index in [0.29, 0.717) is 18.5 Å². The molecule has 5 rings (SSSR count). The highest BCUT2D eigenvalue weighted by Gasteiger charge is 2.29. The summed E-state index contributed by atoms with van der Waals surface area (Å²) < 4.78 is 7.53. The van der Waals surface area contributed by atoms with Gasteiger partial charge >= 0.3 is 0 Å². The molecular formula is C22H29N7OS. The molecule has 0 bridgehead atoms. The first-order valence-corrected chi connectivity index (χ1v) is 11.9. The number of aromatic nitrogens is 5. The minimum Gasteiger partial charge on any atom is -0.496 e. The van der Waals surface area contributed by atoms with E-state index >= 15 is 0 Å². The zero-order valence-electron chi connectivity index (χ0n) is 18.4. The number of nitrogens with two attached hydrogens (primary N) is 1. The Morgan fingerprint density at radius 1 is 1.19 bits per heavy atom. The molecule has 1 atom stereocenters. The molecule has 1 fully saturated rings. The smallest absolute Gasteiger partial charge is 0.223 e. The second-order valence-electron chi connectivity index (χ2n) is 8.50. The Morgan fingerprint density at radius 3 is 2.77 bits per heavy atom. The molecule has 0 aliphatic carbocycles. The molecule has 0 spiro atoms. The zero-order chi connectivity index (χ0) is 21.5. The fraction of sp³-hybridized carbons (Fsp3) is 0.545. The van der Waals surface area contributed by atoms with Gasteiger partial charge in [-0.25, -0.2) is 9.67 Å². The van der Waals surface area contributed by atoms with E-state index in [2.05, 4.69) is 19.9 Å². The van der Waals surface area contributed by atoms with Crippen molar-refractivity contribution in [1.29, 1.82) is 0 Å². The summed E-state index contributed by atoms with van der Waals surface area (Å²) in [6.45, 7) is 6.92. The maximum absolute atomic E-state index is 6.10. The number of pyridine rings is 1. The van der Waals surface area contributed by atoms with Crippen LogP contribution >= 0.6 is 11.8 Å². The maximum Gasteiger partial charge on any atom is 0.223 e. The molecule has 3 aromatic rings. The third kappa shape index (κ3) is 3.74. The van der Waals surface area contributed by atoms with Gasteiger partial charge in [0.05, 0.1) is 30.4 Å². The van der Waals surface area contributed by atoms with Crippen molar-refractivity contribution in [3.63, 3.8) is 0 Å². The molecule has 0 saturated carbocycles. The fourth-order valence-electron chi connectivity index (χ4n) is 4.83. The Hall–Kier alpha value is -2.39. The van der Waals surface area contributed by atoms with E-state index in [1.54, 1.807) is 18.9 Å². The molecule has 2 N–H and O–H groups in total. The van der Waals surface area contributed by atoms with E-state index in [4.69, 9.17) is 15.6 Å². The number of rotatable bonds is 4. The van der Waals surface area contributed by atoms with Gasteiger partial charge in [0, 0.05) is 35.5 Å². The fourth-order valence-corrected chi connectivity index (χ4v) is 6.02. The highest BCUT2D eigenvalue weighted by Crippen LogP contribution is 2.35. The van der Waals surface area contributed by atoms with Crippen LogP contribution in [-0.4, -0.2) is 61.6 Å². The van der Waals surface area contributed by atoms with Crippen molar-refractivity contribution in [2.75, 3.05) is 31.7 Å². The first kappa shape index (κ1) is 20.5. The number of hydrogen-bond donors (Lipinski definition) is 1. The Labute approximate surface area is 186 Å².